The third-order valence-electron chi connectivity index (χ3n) is 7.92. The first kappa shape index (κ1) is 28.6. The summed E-state index contributed by atoms with van der Waals surface area (Å²) in [5.74, 6) is -0.859. The largest absolute Gasteiger partial charge is 0.508 e. The van der Waals surface area contributed by atoms with Gasteiger partial charge >= 0.3 is 0 Å². The van der Waals surface area contributed by atoms with Gasteiger partial charge < -0.3 is 36.4 Å². The molecule has 0 heterocycles. The zero-order chi connectivity index (χ0) is 30.5. The van der Waals surface area contributed by atoms with Gasteiger partial charge in [0.25, 0.3) is 5.91 Å². The zero-order valence-electron chi connectivity index (χ0n) is 22.9. The number of benzene rings is 2. The molecule has 1 fully saturated rings. The number of aliphatic hydroxyl groups excluding tert-OH is 2. The molecule has 3 aliphatic rings. The van der Waals surface area contributed by atoms with Crippen molar-refractivity contribution in [2.24, 2.45) is 17.6 Å². The first-order chi connectivity index (χ1) is 19.8. The van der Waals surface area contributed by atoms with Crippen molar-refractivity contribution >= 4 is 34.8 Å². The predicted molar refractivity (Wildman–Crippen MR) is 151 cm³/mol. The molecule has 42 heavy (non-hydrogen) atoms. The number of anilines is 1. The fraction of sp³-hybridized carbons (Fsp3) is 0.290. The lowest BCUT2D eigenvalue weighted by atomic mass is 9.59. The van der Waals surface area contributed by atoms with Gasteiger partial charge in [0, 0.05) is 34.7 Å². The normalized spacial score (nSPS) is 23.0. The van der Waals surface area contributed by atoms with Crippen molar-refractivity contribution in [3.05, 3.63) is 75.6 Å². The highest BCUT2D eigenvalue weighted by Crippen LogP contribution is 2.52. The van der Waals surface area contributed by atoms with Gasteiger partial charge in [-0.15, -0.1) is 0 Å². The minimum absolute atomic E-state index is 0.0205. The zero-order valence-corrected chi connectivity index (χ0v) is 22.9. The Kier molecular flexibility index (Phi) is 7.14. The fourth-order valence-electron chi connectivity index (χ4n) is 6.00. The number of phenols is 1. The number of nitrogens with zero attached hydrogens (tertiary/aromatic N) is 1. The number of Topliss-reactive ketones (excluding diaryl/α,β-unsaturated/α-hetero) is 2. The van der Waals surface area contributed by atoms with Gasteiger partial charge in [0.05, 0.1) is 12.1 Å². The maximum absolute atomic E-state index is 13.6. The fourth-order valence-corrected chi connectivity index (χ4v) is 6.00. The number of phenolic OH excluding ortho intramolecular Hbond substituents is 1. The van der Waals surface area contributed by atoms with Gasteiger partial charge in [-0.05, 0) is 74.8 Å². The maximum atomic E-state index is 13.6. The molecule has 2 aromatic rings. The van der Waals surface area contributed by atoms with Crippen LogP contribution in [-0.2, 0) is 25.6 Å². The van der Waals surface area contributed by atoms with E-state index in [-0.39, 0.29) is 48.6 Å². The van der Waals surface area contributed by atoms with Crippen molar-refractivity contribution < 1.29 is 39.6 Å². The molecule has 3 aliphatic carbocycles. The summed E-state index contributed by atoms with van der Waals surface area (Å²) in [5, 5.41) is 46.7. The lowest BCUT2D eigenvalue weighted by molar-refractivity contribution is -0.147. The van der Waals surface area contributed by atoms with Crippen LogP contribution >= 0.6 is 0 Å². The molecule has 11 nitrogen and oxygen atoms in total. The molecular weight excluding hydrogens is 542 g/mol. The second-order valence-electron chi connectivity index (χ2n) is 11.0. The number of hydrogen-bond donors (Lipinski definition) is 6. The predicted octanol–water partition coefficient (Wildman–Crippen LogP) is 1.32. The Morgan fingerprint density at radius 3 is 2.38 bits per heavy atom. The van der Waals surface area contributed by atoms with Crippen LogP contribution in [0.4, 0.5) is 5.69 Å². The number of ketones is 2. The van der Waals surface area contributed by atoms with E-state index >= 15 is 0 Å². The third-order valence-corrected chi connectivity index (χ3v) is 7.92. The van der Waals surface area contributed by atoms with Gasteiger partial charge in [0.1, 0.15) is 22.8 Å². The monoisotopic (exact) mass is 571 g/mol. The summed E-state index contributed by atoms with van der Waals surface area (Å²) >= 11 is 0. The van der Waals surface area contributed by atoms with Crippen molar-refractivity contribution in [2.45, 2.75) is 24.9 Å². The van der Waals surface area contributed by atoms with E-state index in [1.54, 1.807) is 49.3 Å². The molecule has 0 saturated heterocycles. The van der Waals surface area contributed by atoms with Gasteiger partial charge in [0.2, 0.25) is 11.7 Å². The molecule has 2 amide bonds. The summed E-state index contributed by atoms with van der Waals surface area (Å²) in [4.78, 5) is 51.7. The van der Waals surface area contributed by atoms with Crippen molar-refractivity contribution in [3.63, 3.8) is 0 Å². The van der Waals surface area contributed by atoms with Crippen LogP contribution in [0.15, 0.2) is 53.3 Å². The lowest BCUT2D eigenvalue weighted by Gasteiger charge is -2.46. The van der Waals surface area contributed by atoms with Crippen LogP contribution < -0.4 is 11.1 Å². The summed E-state index contributed by atoms with van der Waals surface area (Å²) in [7, 11) is 3.59. The number of amides is 2. The molecule has 2 aromatic carbocycles. The number of nitrogens with two attached hydrogens (primary N) is 1. The van der Waals surface area contributed by atoms with E-state index in [2.05, 4.69) is 17.2 Å². The molecule has 0 radical (unpaired) electrons. The van der Waals surface area contributed by atoms with Crippen LogP contribution in [-0.4, -0.2) is 74.9 Å². The first-order valence-electron chi connectivity index (χ1n) is 13.2. The Balaban J connectivity index is 1.50. The van der Waals surface area contributed by atoms with Gasteiger partial charge in [-0.25, -0.2) is 0 Å². The summed E-state index contributed by atoms with van der Waals surface area (Å²) < 4.78 is 0. The van der Waals surface area contributed by atoms with E-state index in [0.29, 0.717) is 22.4 Å². The topological polar surface area (TPSA) is 190 Å². The molecule has 11 heteroatoms. The van der Waals surface area contributed by atoms with Crippen molar-refractivity contribution in [2.75, 3.05) is 26.0 Å². The average Bonchev–Trinajstić information content (AvgIpc) is 2.90. The molecule has 0 spiro atoms. The number of carbonyl (C=O) groups is 4. The molecule has 0 bridgehead atoms. The molecule has 3 atom stereocenters. The molecule has 216 valence electrons. The van der Waals surface area contributed by atoms with Crippen LogP contribution in [0.25, 0.3) is 5.76 Å². The molecule has 7 N–H and O–H groups in total. The van der Waals surface area contributed by atoms with Crippen LogP contribution in [0.2, 0.25) is 0 Å². The van der Waals surface area contributed by atoms with Crippen LogP contribution in [0, 0.1) is 23.7 Å². The number of carbonyl (C=O) groups excluding carboxylic acids is 4. The van der Waals surface area contributed by atoms with Crippen LogP contribution in [0.5, 0.6) is 5.75 Å². The Labute approximate surface area is 240 Å². The lowest BCUT2D eigenvalue weighted by Crippen LogP contribution is -2.58. The van der Waals surface area contributed by atoms with Gasteiger partial charge in [-0.2, -0.15) is 0 Å². The number of hydrogen-bond acceptors (Lipinski definition) is 9. The van der Waals surface area contributed by atoms with E-state index in [1.807, 2.05) is 0 Å². The van der Waals surface area contributed by atoms with E-state index < -0.39 is 52.0 Å². The van der Waals surface area contributed by atoms with E-state index in [4.69, 9.17) is 5.73 Å². The number of aliphatic hydroxyl groups is 3. The molecular formula is C31H29N3O8. The standard InChI is InChI=1S/C31H29N3O8/c1-34(2)14-23(37)33-19-8-4-15(5-9-19)3-6-16-7-10-21(35)25-20(16)12-17-11-18-13-22(36)26(30(32)41)29(40)31(18,42)28(39)24(17)27(25)38/h4-5,7-10,17-18,35,38,40,42H,11-14H2,1-2H3,(H2,32,41)(H,33,37)/t17?,18-,31-/m0/s1. The molecule has 0 aliphatic heterocycles. The SMILES string of the molecule is CN(C)CC(=O)Nc1ccc(C#Cc2ccc(O)c3c2CC2C[C@H]4CC(=O)C(C(N)=O)=C(O)[C@@]4(O)C(=O)C2=C3O)cc1. The summed E-state index contributed by atoms with van der Waals surface area (Å²) in [5.41, 5.74) is 3.78. The second kappa shape index (κ2) is 10.5. The Morgan fingerprint density at radius 1 is 1.05 bits per heavy atom. The number of fused-ring (bicyclic) bond motifs is 3. The van der Waals surface area contributed by atoms with Crippen molar-refractivity contribution in [1.82, 2.24) is 4.90 Å². The Morgan fingerprint density at radius 2 is 1.74 bits per heavy atom. The summed E-state index contributed by atoms with van der Waals surface area (Å²) in [6.45, 7) is 0.242. The highest BCUT2D eigenvalue weighted by Gasteiger charge is 2.60. The Hall–Kier alpha value is -4.92. The summed E-state index contributed by atoms with van der Waals surface area (Å²) in [6.07, 6.45) is -0.198. The number of nitrogens with one attached hydrogen (secondary N) is 1. The third kappa shape index (κ3) is 4.70. The van der Waals surface area contributed by atoms with Gasteiger partial charge in [-0.1, -0.05) is 11.8 Å². The Bertz CT molecular complexity index is 1680. The van der Waals surface area contributed by atoms with E-state index in [0.717, 1.165) is 0 Å². The maximum Gasteiger partial charge on any atom is 0.255 e. The number of likely N-dealkylation sites (N-methyl/N-ethyl adjacent to an activating group) is 1. The molecule has 5 rings (SSSR count). The second-order valence-corrected chi connectivity index (χ2v) is 11.0. The van der Waals surface area contributed by atoms with E-state index in [9.17, 15) is 39.6 Å². The van der Waals surface area contributed by atoms with Crippen LogP contribution in [0.1, 0.15) is 35.1 Å². The quantitative estimate of drug-likeness (QED) is 0.232. The van der Waals surface area contributed by atoms with Gasteiger partial charge in [-0.3, -0.25) is 19.2 Å². The first-order valence-corrected chi connectivity index (χ1v) is 13.2. The van der Waals surface area contributed by atoms with E-state index in [1.165, 1.54) is 6.07 Å². The van der Waals surface area contributed by atoms with Crippen molar-refractivity contribution in [1.29, 1.82) is 0 Å². The number of primary amides is 1. The average molecular weight is 572 g/mol. The highest BCUT2D eigenvalue weighted by atomic mass is 16.3. The van der Waals surface area contributed by atoms with Crippen molar-refractivity contribution in [3.8, 4) is 17.6 Å². The molecule has 0 aromatic heterocycles. The molecule has 1 unspecified atom stereocenters. The number of rotatable bonds is 4. The summed E-state index contributed by atoms with van der Waals surface area (Å²) in [6, 6.07) is 9.84. The number of aromatic hydroxyl groups is 1. The minimum Gasteiger partial charge on any atom is -0.508 e. The molecule has 1 saturated carbocycles. The highest BCUT2D eigenvalue weighted by molar-refractivity contribution is 6.22. The van der Waals surface area contributed by atoms with Gasteiger partial charge in [0.15, 0.2) is 11.4 Å². The van der Waals surface area contributed by atoms with Crippen LogP contribution in [0.3, 0.4) is 0 Å². The smallest absolute Gasteiger partial charge is 0.255 e. The minimum atomic E-state index is -2.61.